The molecule has 0 atom stereocenters. The van der Waals surface area contributed by atoms with Crippen LogP contribution in [-0.4, -0.2) is 31.3 Å². The van der Waals surface area contributed by atoms with Crippen LogP contribution in [0.2, 0.25) is 0 Å². The van der Waals surface area contributed by atoms with E-state index in [2.05, 4.69) is 20.7 Å². The van der Waals surface area contributed by atoms with Crippen LogP contribution in [0.1, 0.15) is 5.56 Å². The molecule has 2 aromatic rings. The van der Waals surface area contributed by atoms with Gasteiger partial charge in [-0.05, 0) is 10.4 Å². The Hall–Kier alpha value is -2.24. The molecular formula is C8H7N5O. The summed E-state index contributed by atoms with van der Waals surface area (Å²) in [5, 5.41) is 22.5. The highest BCUT2D eigenvalue weighted by Gasteiger charge is 2.06. The van der Waals surface area contributed by atoms with E-state index in [9.17, 15) is 0 Å². The molecule has 1 heterocycles. The van der Waals surface area contributed by atoms with Gasteiger partial charge < -0.3 is 5.21 Å². The Labute approximate surface area is 79.5 Å². The van der Waals surface area contributed by atoms with Crippen LogP contribution in [0.4, 0.5) is 0 Å². The maximum absolute atomic E-state index is 8.82. The highest BCUT2D eigenvalue weighted by molar-refractivity contribution is 5.99. The quantitative estimate of drug-likeness (QED) is 0.304. The van der Waals surface area contributed by atoms with Crippen molar-refractivity contribution >= 4 is 5.84 Å². The first-order valence-electron chi connectivity index (χ1n) is 3.92. The van der Waals surface area contributed by atoms with Crippen LogP contribution in [0.5, 0.6) is 0 Å². The van der Waals surface area contributed by atoms with Crippen molar-refractivity contribution in [3.63, 3.8) is 0 Å². The molecule has 0 amide bonds. The highest BCUT2D eigenvalue weighted by Crippen LogP contribution is 2.01. The van der Waals surface area contributed by atoms with E-state index in [0.29, 0.717) is 0 Å². The van der Waals surface area contributed by atoms with Crippen molar-refractivity contribution in [1.29, 1.82) is 0 Å². The van der Waals surface area contributed by atoms with Gasteiger partial charge in [0.15, 0.2) is 0 Å². The monoisotopic (exact) mass is 189 g/mol. The van der Waals surface area contributed by atoms with Gasteiger partial charge in [0.2, 0.25) is 5.84 Å². The Balaban J connectivity index is 2.43. The van der Waals surface area contributed by atoms with Gasteiger partial charge in [0.05, 0.1) is 0 Å². The van der Waals surface area contributed by atoms with E-state index in [-0.39, 0.29) is 5.84 Å². The van der Waals surface area contributed by atoms with E-state index >= 15 is 0 Å². The maximum atomic E-state index is 8.82. The summed E-state index contributed by atoms with van der Waals surface area (Å²) in [5.74, 6) is 0.288. The number of hydrogen-bond acceptors (Lipinski definition) is 5. The number of hydrogen-bond donors (Lipinski definition) is 1. The molecule has 1 aromatic heterocycles. The molecule has 1 aromatic carbocycles. The van der Waals surface area contributed by atoms with Gasteiger partial charge in [0.1, 0.15) is 6.33 Å². The van der Waals surface area contributed by atoms with Gasteiger partial charge in [0, 0.05) is 5.56 Å². The smallest absolute Gasteiger partial charge is 0.202 e. The summed E-state index contributed by atoms with van der Waals surface area (Å²) in [6, 6.07) is 9.15. The summed E-state index contributed by atoms with van der Waals surface area (Å²) in [7, 11) is 0. The van der Waals surface area contributed by atoms with Crippen molar-refractivity contribution < 1.29 is 5.21 Å². The molecule has 0 saturated heterocycles. The lowest BCUT2D eigenvalue weighted by molar-refractivity contribution is 0.316. The van der Waals surface area contributed by atoms with Crippen LogP contribution in [0.3, 0.4) is 0 Å². The Morgan fingerprint density at radius 2 is 2.07 bits per heavy atom. The lowest BCUT2D eigenvalue weighted by Crippen LogP contribution is -2.14. The first-order valence-corrected chi connectivity index (χ1v) is 3.92. The Morgan fingerprint density at radius 1 is 1.29 bits per heavy atom. The topological polar surface area (TPSA) is 76.2 Å². The molecule has 0 radical (unpaired) electrons. The third kappa shape index (κ3) is 1.45. The molecule has 0 spiro atoms. The van der Waals surface area contributed by atoms with Crippen LogP contribution >= 0.6 is 0 Å². The van der Waals surface area contributed by atoms with E-state index in [1.165, 1.54) is 11.0 Å². The van der Waals surface area contributed by atoms with Gasteiger partial charge in [-0.25, -0.2) is 0 Å². The number of aromatic nitrogens is 4. The fraction of sp³-hybridized carbons (Fsp3) is 0. The number of nitrogens with zero attached hydrogens (tertiary/aromatic N) is 5. The predicted octanol–water partition coefficient (Wildman–Crippen LogP) is 0.357. The van der Waals surface area contributed by atoms with E-state index < -0.39 is 0 Å². The Morgan fingerprint density at radius 3 is 2.64 bits per heavy atom. The average Bonchev–Trinajstić information content (AvgIpc) is 2.74. The third-order valence-electron chi connectivity index (χ3n) is 1.69. The lowest BCUT2D eigenvalue weighted by Gasteiger charge is -2.01. The predicted molar refractivity (Wildman–Crippen MR) is 48.0 cm³/mol. The largest absolute Gasteiger partial charge is 0.409 e. The van der Waals surface area contributed by atoms with Crippen molar-refractivity contribution in [2.75, 3.05) is 0 Å². The van der Waals surface area contributed by atoms with Crippen LogP contribution < -0.4 is 0 Å². The molecule has 2 rings (SSSR count). The van der Waals surface area contributed by atoms with Crippen LogP contribution in [0.25, 0.3) is 0 Å². The van der Waals surface area contributed by atoms with E-state index in [1.807, 2.05) is 18.2 Å². The minimum Gasteiger partial charge on any atom is -0.409 e. The van der Waals surface area contributed by atoms with Gasteiger partial charge >= 0.3 is 0 Å². The SMILES string of the molecule is ON=C(c1ccccc1)n1cnnn1. The third-order valence-corrected chi connectivity index (χ3v) is 1.69. The number of oxime groups is 1. The number of rotatable bonds is 1. The van der Waals surface area contributed by atoms with Crippen molar-refractivity contribution in [2.45, 2.75) is 0 Å². The zero-order valence-electron chi connectivity index (χ0n) is 7.15. The van der Waals surface area contributed by atoms with Gasteiger partial charge in [-0.2, -0.15) is 4.68 Å². The molecule has 0 fully saturated rings. The van der Waals surface area contributed by atoms with Gasteiger partial charge in [0.25, 0.3) is 0 Å². The summed E-state index contributed by atoms with van der Waals surface area (Å²) in [6.45, 7) is 0. The normalized spacial score (nSPS) is 11.6. The second kappa shape index (κ2) is 3.65. The molecule has 0 aliphatic heterocycles. The molecule has 0 bridgehead atoms. The zero-order chi connectivity index (χ0) is 9.80. The summed E-state index contributed by atoms with van der Waals surface area (Å²) in [5.41, 5.74) is 0.738. The Bertz CT molecular complexity index is 422. The molecule has 14 heavy (non-hydrogen) atoms. The molecule has 0 saturated carbocycles. The molecule has 1 N–H and O–H groups in total. The van der Waals surface area contributed by atoms with E-state index in [0.717, 1.165) is 5.56 Å². The van der Waals surface area contributed by atoms with Crippen LogP contribution in [0, 0.1) is 0 Å². The van der Waals surface area contributed by atoms with Gasteiger partial charge in [-0.1, -0.05) is 35.5 Å². The number of tetrazole rings is 1. The summed E-state index contributed by atoms with van der Waals surface area (Å²) >= 11 is 0. The fourth-order valence-corrected chi connectivity index (χ4v) is 1.08. The molecular weight excluding hydrogens is 182 g/mol. The zero-order valence-corrected chi connectivity index (χ0v) is 7.15. The van der Waals surface area contributed by atoms with Crippen molar-refractivity contribution in [3.05, 3.63) is 42.2 Å². The molecule has 6 nitrogen and oxygen atoms in total. The highest BCUT2D eigenvalue weighted by atomic mass is 16.4. The molecule has 0 unspecified atom stereocenters. The molecule has 0 aliphatic rings. The second-order valence-electron chi connectivity index (χ2n) is 2.54. The van der Waals surface area contributed by atoms with Crippen molar-refractivity contribution in [1.82, 2.24) is 20.2 Å². The molecule has 6 heteroatoms. The summed E-state index contributed by atoms with van der Waals surface area (Å²) in [4.78, 5) is 0. The van der Waals surface area contributed by atoms with Gasteiger partial charge in [-0.15, -0.1) is 5.10 Å². The molecule has 0 aliphatic carbocycles. The minimum atomic E-state index is 0.288. The van der Waals surface area contributed by atoms with Crippen molar-refractivity contribution in [3.8, 4) is 0 Å². The second-order valence-corrected chi connectivity index (χ2v) is 2.54. The first kappa shape index (κ1) is 8.36. The van der Waals surface area contributed by atoms with Crippen molar-refractivity contribution in [2.24, 2.45) is 5.16 Å². The average molecular weight is 189 g/mol. The number of benzene rings is 1. The Kier molecular flexibility index (Phi) is 2.18. The maximum Gasteiger partial charge on any atom is 0.202 e. The summed E-state index contributed by atoms with van der Waals surface area (Å²) in [6.07, 6.45) is 1.36. The lowest BCUT2D eigenvalue weighted by atomic mass is 10.2. The van der Waals surface area contributed by atoms with E-state index in [4.69, 9.17) is 5.21 Å². The standard InChI is InChI=1S/C8H7N5O/c14-10-8(13-6-9-11-12-13)7-4-2-1-3-5-7/h1-6,14H. The van der Waals surface area contributed by atoms with Gasteiger partial charge in [-0.3, -0.25) is 0 Å². The molecule has 70 valence electrons. The van der Waals surface area contributed by atoms with E-state index in [1.54, 1.807) is 12.1 Å². The minimum absolute atomic E-state index is 0.288. The fourth-order valence-electron chi connectivity index (χ4n) is 1.08. The van der Waals surface area contributed by atoms with Crippen LogP contribution in [-0.2, 0) is 0 Å². The summed E-state index contributed by atoms with van der Waals surface area (Å²) < 4.78 is 1.29. The first-order chi connectivity index (χ1) is 6.92. The van der Waals surface area contributed by atoms with Crippen LogP contribution in [0.15, 0.2) is 41.8 Å².